The number of aryl methyl sites for hydroxylation is 2. The van der Waals surface area contributed by atoms with E-state index in [0.29, 0.717) is 6.42 Å². The molecule has 1 saturated heterocycles. The summed E-state index contributed by atoms with van der Waals surface area (Å²) in [6.45, 7) is 6.44. The van der Waals surface area contributed by atoms with Crippen molar-refractivity contribution in [2.45, 2.75) is 51.6 Å². The molecule has 0 radical (unpaired) electrons. The Kier molecular flexibility index (Phi) is 7.17. The molecule has 0 saturated carbocycles. The fraction of sp³-hybridized carbons (Fsp3) is 0.417. The van der Waals surface area contributed by atoms with Crippen molar-refractivity contribution < 1.29 is 13.5 Å². The van der Waals surface area contributed by atoms with Crippen molar-refractivity contribution in [3.8, 4) is 0 Å². The van der Waals surface area contributed by atoms with Gasteiger partial charge in [0.05, 0.1) is 0 Å². The average Bonchev–Trinajstić information content (AvgIpc) is 3.03. The molecule has 0 bridgehead atoms. The van der Waals surface area contributed by atoms with Crippen LogP contribution in [0.15, 0.2) is 69.7 Å². The molecule has 1 fully saturated rings. The van der Waals surface area contributed by atoms with Crippen LogP contribution < -0.4 is 0 Å². The summed E-state index contributed by atoms with van der Waals surface area (Å²) in [4.78, 5) is 7.11. The monoisotopic (exact) mass is 535 g/mol. The maximum absolute atomic E-state index is 13.5. The molecule has 2 aromatic rings. The van der Waals surface area contributed by atoms with Gasteiger partial charge in [0.25, 0.3) is 0 Å². The molecule has 0 amide bonds. The van der Waals surface area contributed by atoms with E-state index < -0.39 is 34.5 Å². The van der Waals surface area contributed by atoms with Crippen LogP contribution in [0.4, 0.5) is 0 Å². The molecule has 1 heterocycles. The third-order valence-corrected chi connectivity index (χ3v) is 14.5. The van der Waals surface area contributed by atoms with Crippen molar-refractivity contribution in [1.82, 2.24) is 4.31 Å². The summed E-state index contributed by atoms with van der Waals surface area (Å²) in [5, 5.41) is 11.0. The molecule has 3 rings (SSSR count). The third kappa shape index (κ3) is 5.01. The molecule has 1 N–H and O–H groups in total. The van der Waals surface area contributed by atoms with E-state index in [1.165, 1.54) is 5.56 Å². The molecule has 3 atom stereocenters. The predicted molar refractivity (Wildman–Crippen MR) is 126 cm³/mol. The van der Waals surface area contributed by atoms with Crippen molar-refractivity contribution in [1.29, 1.82) is 0 Å². The van der Waals surface area contributed by atoms with E-state index in [1.807, 2.05) is 37.3 Å². The number of aliphatic hydroxyl groups excluding tert-OH is 1. The fourth-order valence-corrected chi connectivity index (χ4v) is 9.88. The molecule has 0 unspecified atom stereocenters. The number of nitrogens with zero attached hydrogens (tertiary/aromatic N) is 1. The van der Waals surface area contributed by atoms with E-state index in [1.54, 1.807) is 16.4 Å². The summed E-state index contributed by atoms with van der Waals surface area (Å²) in [7, 11) is -3.70. The number of benzene rings is 2. The molecular weight excluding hydrogens is 501 g/mol. The van der Waals surface area contributed by atoms with E-state index in [-0.39, 0.29) is 23.4 Å². The zero-order chi connectivity index (χ0) is 22.1. The third-order valence-electron chi connectivity index (χ3n) is 6.13. The van der Waals surface area contributed by atoms with Crippen LogP contribution in [0.2, 0.25) is 14.8 Å². The van der Waals surface area contributed by atoms with Crippen LogP contribution in [0.3, 0.4) is 0 Å². The Bertz CT molecular complexity index is 981. The fourth-order valence-electron chi connectivity index (χ4n) is 4.24. The van der Waals surface area contributed by atoms with Gasteiger partial charge in [0.2, 0.25) is 0 Å². The maximum atomic E-state index is 13.5. The van der Waals surface area contributed by atoms with Gasteiger partial charge in [-0.05, 0) is 0 Å². The molecule has 162 valence electrons. The number of sulfonamides is 1. The second-order valence-corrected chi connectivity index (χ2v) is 25.9. The van der Waals surface area contributed by atoms with Crippen LogP contribution in [0.1, 0.15) is 17.5 Å². The van der Waals surface area contributed by atoms with Gasteiger partial charge in [0.1, 0.15) is 0 Å². The number of hydrogen-bond donors (Lipinski definition) is 1. The van der Waals surface area contributed by atoms with Crippen LogP contribution in [0, 0.1) is 12.8 Å². The first-order chi connectivity index (χ1) is 14.0. The molecule has 1 aliphatic rings. The van der Waals surface area contributed by atoms with Gasteiger partial charge in [0, 0.05) is 0 Å². The number of aliphatic hydroxyl groups is 1. The van der Waals surface area contributed by atoms with Crippen molar-refractivity contribution in [2.75, 3.05) is 6.54 Å². The van der Waals surface area contributed by atoms with Gasteiger partial charge in [0.15, 0.2) is 0 Å². The molecule has 0 spiro atoms. The Hall–Kier alpha value is -1.15. The van der Waals surface area contributed by atoms with Crippen molar-refractivity contribution in [2.24, 2.45) is 5.92 Å². The van der Waals surface area contributed by atoms with Crippen LogP contribution in [-0.4, -0.2) is 54.9 Å². The molecule has 6 heteroatoms. The minimum absolute atomic E-state index is 0.126. The van der Waals surface area contributed by atoms with E-state index in [4.69, 9.17) is 0 Å². The van der Waals surface area contributed by atoms with E-state index in [9.17, 15) is 13.5 Å². The number of rotatable bonds is 7. The Morgan fingerprint density at radius 1 is 1.10 bits per heavy atom. The average molecular weight is 534 g/mol. The second-order valence-electron chi connectivity index (χ2n) is 9.35. The molecule has 30 heavy (non-hydrogen) atoms. The summed E-state index contributed by atoms with van der Waals surface area (Å²) < 4.78 is 29.7. The first kappa shape index (κ1) is 23.5. The second kappa shape index (κ2) is 9.15. The molecule has 4 nitrogen and oxygen atoms in total. The summed E-state index contributed by atoms with van der Waals surface area (Å²) in [6.07, 6.45) is 0.716. The molecular formula is C24H33NO3SSn. The Balaban J connectivity index is 1.97. The Labute approximate surface area is 185 Å². The van der Waals surface area contributed by atoms with E-state index >= 15 is 0 Å². The van der Waals surface area contributed by atoms with E-state index in [2.05, 4.69) is 33.5 Å². The Morgan fingerprint density at radius 3 is 2.27 bits per heavy atom. The standard InChI is InChI=1S/C21H24NO3S.3CH3.Sn/c1-3-19-20(14-11-17-7-5-4-6-8-17)22(15-21(19)23)26(24,25)18-12-9-16(2)10-13-18;;;;/h4-10,12-13,19-21,23H,1,11,14-15H2,2H3;3*1H3;/t19-,20-,21+;;;;/m0..../s1. The zero-order valence-corrected chi connectivity index (χ0v) is 22.0. The summed E-state index contributed by atoms with van der Waals surface area (Å²) in [6, 6.07) is 16.8. The van der Waals surface area contributed by atoms with Gasteiger partial charge in [-0.3, -0.25) is 0 Å². The van der Waals surface area contributed by atoms with Gasteiger partial charge < -0.3 is 0 Å². The van der Waals surface area contributed by atoms with Gasteiger partial charge in [-0.15, -0.1) is 0 Å². The summed E-state index contributed by atoms with van der Waals surface area (Å²) in [5.41, 5.74) is 2.19. The Morgan fingerprint density at radius 2 is 1.70 bits per heavy atom. The normalized spacial score (nSPS) is 22.9. The van der Waals surface area contributed by atoms with Crippen LogP contribution >= 0.6 is 0 Å². The predicted octanol–water partition coefficient (Wildman–Crippen LogP) is 4.41. The summed E-state index contributed by atoms with van der Waals surface area (Å²) in [5.74, 6) is -0.204. The SMILES string of the molecule is C=[C]([C@@H]1[C@H](O)CN(S(=O)(=O)c2ccc(C)cc2)[C@H]1CCc1ccccc1)[Sn]([CH3])([CH3])[CH3]. The van der Waals surface area contributed by atoms with Gasteiger partial charge in [-0.1, -0.05) is 0 Å². The summed E-state index contributed by atoms with van der Waals surface area (Å²) >= 11 is -2.56. The number of hydrogen-bond acceptors (Lipinski definition) is 3. The molecule has 2 aromatic carbocycles. The molecule has 0 aliphatic carbocycles. The van der Waals surface area contributed by atoms with Crippen LogP contribution in [-0.2, 0) is 16.4 Å². The van der Waals surface area contributed by atoms with Crippen LogP contribution in [0.5, 0.6) is 0 Å². The quantitative estimate of drug-likeness (QED) is 0.536. The first-order valence-corrected chi connectivity index (χ1v) is 21.9. The van der Waals surface area contributed by atoms with Crippen LogP contribution in [0.25, 0.3) is 0 Å². The van der Waals surface area contributed by atoms with Crippen molar-refractivity contribution >= 4 is 28.4 Å². The molecule has 1 aliphatic heterocycles. The van der Waals surface area contributed by atoms with Gasteiger partial charge in [-0.25, -0.2) is 0 Å². The minimum atomic E-state index is -3.70. The topological polar surface area (TPSA) is 57.6 Å². The van der Waals surface area contributed by atoms with Gasteiger partial charge >= 0.3 is 186 Å². The van der Waals surface area contributed by atoms with Gasteiger partial charge in [-0.2, -0.15) is 0 Å². The number of β-amino-alcohol motifs (C(OH)–C–C–N with tert-alkyl or cyclic N) is 1. The van der Waals surface area contributed by atoms with E-state index in [0.717, 1.165) is 15.6 Å². The van der Waals surface area contributed by atoms with Crippen molar-refractivity contribution in [3.63, 3.8) is 0 Å². The first-order valence-electron chi connectivity index (χ1n) is 10.5. The van der Waals surface area contributed by atoms with Crippen molar-refractivity contribution in [3.05, 3.63) is 75.9 Å². The molecule has 0 aromatic heterocycles. The zero-order valence-electron chi connectivity index (χ0n) is 18.4.